The van der Waals surface area contributed by atoms with Crippen LogP contribution in [0.25, 0.3) is 0 Å². The van der Waals surface area contributed by atoms with Crippen molar-refractivity contribution in [2.24, 2.45) is 0 Å². The molecule has 5 heteroatoms. The maximum atomic E-state index is 11.3. The molecule has 16 heavy (non-hydrogen) atoms. The molecule has 92 valence electrons. The number of carbonyl (C=O) groups is 2. The van der Waals surface area contributed by atoms with Gasteiger partial charge < -0.3 is 15.2 Å². The zero-order valence-corrected chi connectivity index (χ0v) is 9.73. The third kappa shape index (κ3) is 7.00. The average molecular weight is 229 g/mol. The van der Waals surface area contributed by atoms with Gasteiger partial charge >= 0.3 is 5.97 Å². The SMILES string of the molecule is C/C=C/CC(NC(=O)CCCOC)C(=O)O. The highest BCUT2D eigenvalue weighted by atomic mass is 16.5. The molecule has 0 aromatic heterocycles. The molecule has 0 aromatic carbocycles. The van der Waals surface area contributed by atoms with E-state index in [9.17, 15) is 9.59 Å². The van der Waals surface area contributed by atoms with Crippen molar-refractivity contribution in [3.8, 4) is 0 Å². The number of carboxylic acids is 1. The molecule has 0 rings (SSSR count). The van der Waals surface area contributed by atoms with Gasteiger partial charge in [-0.25, -0.2) is 4.79 Å². The lowest BCUT2D eigenvalue weighted by atomic mass is 10.2. The molecule has 0 spiro atoms. The Bertz CT molecular complexity index is 250. The fourth-order valence-electron chi connectivity index (χ4n) is 1.14. The van der Waals surface area contributed by atoms with Gasteiger partial charge in [-0.1, -0.05) is 12.2 Å². The van der Waals surface area contributed by atoms with Crippen LogP contribution < -0.4 is 5.32 Å². The Morgan fingerprint density at radius 3 is 2.69 bits per heavy atom. The number of ether oxygens (including phenoxy) is 1. The molecule has 0 aliphatic rings. The van der Waals surface area contributed by atoms with Gasteiger partial charge in [-0.05, 0) is 19.8 Å². The van der Waals surface area contributed by atoms with Gasteiger partial charge in [0.1, 0.15) is 6.04 Å². The van der Waals surface area contributed by atoms with Gasteiger partial charge in [-0.3, -0.25) is 4.79 Å². The molecule has 1 amide bonds. The first kappa shape index (κ1) is 14.6. The van der Waals surface area contributed by atoms with E-state index in [0.29, 0.717) is 19.4 Å². The molecule has 2 N–H and O–H groups in total. The van der Waals surface area contributed by atoms with Gasteiger partial charge in [0.05, 0.1) is 0 Å². The minimum absolute atomic E-state index is 0.256. The van der Waals surface area contributed by atoms with Crippen LogP contribution in [0.2, 0.25) is 0 Å². The second-order valence-electron chi connectivity index (χ2n) is 3.36. The maximum Gasteiger partial charge on any atom is 0.326 e. The Kier molecular flexibility index (Phi) is 8.15. The summed E-state index contributed by atoms with van der Waals surface area (Å²) >= 11 is 0. The van der Waals surface area contributed by atoms with E-state index in [1.54, 1.807) is 26.2 Å². The van der Waals surface area contributed by atoms with E-state index in [1.807, 2.05) is 0 Å². The zero-order chi connectivity index (χ0) is 12.4. The quantitative estimate of drug-likeness (QED) is 0.480. The van der Waals surface area contributed by atoms with Crippen molar-refractivity contribution in [1.29, 1.82) is 0 Å². The van der Waals surface area contributed by atoms with Crippen LogP contribution in [0.4, 0.5) is 0 Å². The number of carbonyl (C=O) groups excluding carboxylic acids is 1. The lowest BCUT2D eigenvalue weighted by molar-refractivity contribution is -0.141. The van der Waals surface area contributed by atoms with Crippen LogP contribution in [0.15, 0.2) is 12.2 Å². The Labute approximate surface area is 95.5 Å². The molecule has 0 aliphatic carbocycles. The molecular formula is C11H19NO4. The zero-order valence-electron chi connectivity index (χ0n) is 9.73. The molecule has 5 nitrogen and oxygen atoms in total. The van der Waals surface area contributed by atoms with E-state index in [2.05, 4.69) is 5.32 Å². The summed E-state index contributed by atoms with van der Waals surface area (Å²) in [4.78, 5) is 22.1. The largest absolute Gasteiger partial charge is 0.480 e. The summed E-state index contributed by atoms with van der Waals surface area (Å²) < 4.78 is 4.80. The Hall–Kier alpha value is -1.36. The summed E-state index contributed by atoms with van der Waals surface area (Å²) in [7, 11) is 1.56. The van der Waals surface area contributed by atoms with Crippen molar-refractivity contribution < 1.29 is 19.4 Å². The van der Waals surface area contributed by atoms with Gasteiger partial charge in [0.25, 0.3) is 0 Å². The monoisotopic (exact) mass is 229 g/mol. The smallest absolute Gasteiger partial charge is 0.326 e. The topological polar surface area (TPSA) is 75.6 Å². The summed E-state index contributed by atoms with van der Waals surface area (Å²) in [5, 5.41) is 11.3. The van der Waals surface area contributed by atoms with Crippen LogP contribution in [0.1, 0.15) is 26.2 Å². The van der Waals surface area contributed by atoms with Gasteiger partial charge in [-0.15, -0.1) is 0 Å². The summed E-state index contributed by atoms with van der Waals surface area (Å²) in [6.07, 6.45) is 4.66. The van der Waals surface area contributed by atoms with E-state index >= 15 is 0 Å². The minimum atomic E-state index is -1.02. The van der Waals surface area contributed by atoms with Crippen molar-refractivity contribution in [2.45, 2.75) is 32.2 Å². The van der Waals surface area contributed by atoms with Crippen LogP contribution in [0.3, 0.4) is 0 Å². The predicted molar refractivity (Wildman–Crippen MR) is 60.1 cm³/mol. The molecular weight excluding hydrogens is 210 g/mol. The third-order valence-corrected chi connectivity index (χ3v) is 1.99. The minimum Gasteiger partial charge on any atom is -0.480 e. The highest BCUT2D eigenvalue weighted by Crippen LogP contribution is 1.97. The highest BCUT2D eigenvalue weighted by Gasteiger charge is 2.17. The number of hydrogen-bond acceptors (Lipinski definition) is 3. The second kappa shape index (κ2) is 8.91. The molecule has 0 heterocycles. The molecule has 0 bridgehead atoms. The van der Waals surface area contributed by atoms with E-state index < -0.39 is 12.0 Å². The molecule has 0 saturated heterocycles. The summed E-state index contributed by atoms with van der Waals surface area (Å²) in [6, 6.07) is -0.841. The van der Waals surface area contributed by atoms with Crippen LogP contribution in [0, 0.1) is 0 Å². The normalized spacial score (nSPS) is 12.6. The van der Waals surface area contributed by atoms with Crippen molar-refractivity contribution in [3.63, 3.8) is 0 Å². The number of carboxylic acid groups (broad SMARTS) is 1. The van der Waals surface area contributed by atoms with Gasteiger partial charge in [0.15, 0.2) is 0 Å². The molecule has 0 aliphatic heterocycles. The molecule has 0 radical (unpaired) electrons. The van der Waals surface area contributed by atoms with Gasteiger partial charge in [0.2, 0.25) is 5.91 Å². The maximum absolute atomic E-state index is 11.3. The summed E-state index contributed by atoms with van der Waals surface area (Å²) in [6.45, 7) is 2.30. The fraction of sp³-hybridized carbons (Fsp3) is 0.636. The Balaban J connectivity index is 3.98. The molecule has 0 saturated carbocycles. The van der Waals surface area contributed by atoms with E-state index in [4.69, 9.17) is 9.84 Å². The van der Waals surface area contributed by atoms with Crippen LogP contribution in [-0.4, -0.2) is 36.7 Å². The van der Waals surface area contributed by atoms with Crippen molar-refractivity contribution in [3.05, 3.63) is 12.2 Å². The van der Waals surface area contributed by atoms with Crippen LogP contribution >= 0.6 is 0 Å². The van der Waals surface area contributed by atoms with E-state index in [0.717, 1.165) is 0 Å². The Morgan fingerprint density at radius 1 is 1.50 bits per heavy atom. The lowest BCUT2D eigenvalue weighted by Gasteiger charge is -2.12. The summed E-state index contributed by atoms with van der Waals surface area (Å²) in [5.41, 5.74) is 0. The molecule has 0 fully saturated rings. The predicted octanol–water partition coefficient (Wildman–Crippen LogP) is 0.949. The number of allylic oxidation sites excluding steroid dienone is 1. The van der Waals surface area contributed by atoms with Crippen LogP contribution in [0.5, 0.6) is 0 Å². The Morgan fingerprint density at radius 2 is 2.19 bits per heavy atom. The van der Waals surface area contributed by atoms with Crippen molar-refractivity contribution in [2.75, 3.05) is 13.7 Å². The number of aliphatic carboxylic acids is 1. The first-order valence-electron chi connectivity index (χ1n) is 5.24. The van der Waals surface area contributed by atoms with Crippen LogP contribution in [-0.2, 0) is 14.3 Å². The van der Waals surface area contributed by atoms with E-state index in [-0.39, 0.29) is 12.3 Å². The standard InChI is InChI=1S/C11H19NO4/c1-3-4-6-9(11(14)15)12-10(13)7-5-8-16-2/h3-4,9H,5-8H2,1-2H3,(H,12,13)(H,14,15)/b4-3+. The fourth-order valence-corrected chi connectivity index (χ4v) is 1.14. The van der Waals surface area contributed by atoms with Gasteiger partial charge in [0, 0.05) is 20.1 Å². The molecule has 1 unspecified atom stereocenters. The first-order chi connectivity index (χ1) is 7.61. The number of rotatable bonds is 8. The average Bonchev–Trinajstić information content (AvgIpc) is 2.24. The lowest BCUT2D eigenvalue weighted by Crippen LogP contribution is -2.40. The third-order valence-electron chi connectivity index (χ3n) is 1.99. The molecule has 0 aromatic rings. The van der Waals surface area contributed by atoms with Gasteiger partial charge in [-0.2, -0.15) is 0 Å². The first-order valence-corrected chi connectivity index (χ1v) is 5.24. The number of methoxy groups -OCH3 is 1. The highest BCUT2D eigenvalue weighted by molar-refractivity contribution is 5.83. The number of hydrogen-bond donors (Lipinski definition) is 2. The number of amides is 1. The number of nitrogens with one attached hydrogen (secondary N) is 1. The summed E-state index contributed by atoms with van der Waals surface area (Å²) in [5.74, 6) is -1.27. The molecule has 1 atom stereocenters. The van der Waals surface area contributed by atoms with Crippen molar-refractivity contribution >= 4 is 11.9 Å². The van der Waals surface area contributed by atoms with Crippen molar-refractivity contribution in [1.82, 2.24) is 5.32 Å². The van der Waals surface area contributed by atoms with E-state index in [1.165, 1.54) is 0 Å². The second-order valence-corrected chi connectivity index (χ2v) is 3.36.